The van der Waals surface area contributed by atoms with E-state index in [0.29, 0.717) is 4.47 Å². The van der Waals surface area contributed by atoms with Gasteiger partial charge >= 0.3 is 5.97 Å². The number of carboxylic acids is 1. The standard InChI is InChI=1S/C14H11BrN2O4/c1-17-5-4-8(6-12(17)18)13(19)16-11-7-9(15)2-3-10(11)14(20)21/h2-7H,1H3,(H,16,19)(H,20,21). The zero-order valence-electron chi connectivity index (χ0n) is 11.0. The van der Waals surface area contributed by atoms with Gasteiger partial charge in [0, 0.05) is 29.3 Å². The maximum Gasteiger partial charge on any atom is 0.337 e. The lowest BCUT2D eigenvalue weighted by molar-refractivity contribution is 0.0698. The van der Waals surface area contributed by atoms with Crippen LogP contribution in [0.1, 0.15) is 20.7 Å². The highest BCUT2D eigenvalue weighted by Gasteiger charge is 2.14. The van der Waals surface area contributed by atoms with Crippen LogP contribution in [0.4, 0.5) is 5.69 Å². The monoisotopic (exact) mass is 350 g/mol. The first-order chi connectivity index (χ1) is 9.88. The fourth-order valence-electron chi connectivity index (χ4n) is 1.69. The summed E-state index contributed by atoms with van der Waals surface area (Å²) in [6.45, 7) is 0. The Morgan fingerprint density at radius 3 is 2.57 bits per heavy atom. The lowest BCUT2D eigenvalue weighted by atomic mass is 10.1. The molecule has 1 aromatic carbocycles. The van der Waals surface area contributed by atoms with Crippen LogP contribution in [0.2, 0.25) is 0 Å². The predicted molar refractivity (Wildman–Crippen MR) is 80.7 cm³/mol. The summed E-state index contributed by atoms with van der Waals surface area (Å²) in [5, 5.41) is 11.6. The van der Waals surface area contributed by atoms with Crippen molar-refractivity contribution in [3.05, 3.63) is 62.5 Å². The summed E-state index contributed by atoms with van der Waals surface area (Å²) in [6, 6.07) is 7.11. The zero-order valence-corrected chi connectivity index (χ0v) is 12.5. The first-order valence-electron chi connectivity index (χ1n) is 5.89. The Morgan fingerprint density at radius 1 is 1.24 bits per heavy atom. The average molecular weight is 351 g/mol. The van der Waals surface area contributed by atoms with Gasteiger partial charge in [-0.3, -0.25) is 9.59 Å². The summed E-state index contributed by atoms with van der Waals surface area (Å²) in [5.41, 5.74) is -0.0392. The van der Waals surface area contributed by atoms with Crippen LogP contribution in [0.5, 0.6) is 0 Å². The van der Waals surface area contributed by atoms with Crippen LogP contribution < -0.4 is 10.9 Å². The molecule has 0 unspecified atom stereocenters. The van der Waals surface area contributed by atoms with E-state index in [4.69, 9.17) is 5.11 Å². The maximum absolute atomic E-state index is 12.1. The van der Waals surface area contributed by atoms with Crippen molar-refractivity contribution >= 4 is 33.5 Å². The molecule has 0 atom stereocenters. The molecule has 21 heavy (non-hydrogen) atoms. The van der Waals surface area contributed by atoms with Crippen LogP contribution >= 0.6 is 15.9 Å². The van der Waals surface area contributed by atoms with Crippen LogP contribution in [0.3, 0.4) is 0 Å². The first-order valence-corrected chi connectivity index (χ1v) is 6.68. The van der Waals surface area contributed by atoms with Crippen LogP contribution in [-0.4, -0.2) is 21.6 Å². The van der Waals surface area contributed by atoms with Crippen molar-refractivity contribution in [1.29, 1.82) is 0 Å². The molecule has 2 N–H and O–H groups in total. The Kier molecular flexibility index (Phi) is 4.23. The first kappa shape index (κ1) is 15.0. The number of aromatic nitrogens is 1. The summed E-state index contributed by atoms with van der Waals surface area (Å²) in [6.07, 6.45) is 1.47. The Labute approximate surface area is 128 Å². The summed E-state index contributed by atoms with van der Waals surface area (Å²) in [4.78, 5) is 34.7. The fourth-order valence-corrected chi connectivity index (χ4v) is 2.05. The Bertz CT molecular complexity index is 783. The molecule has 0 saturated carbocycles. The van der Waals surface area contributed by atoms with Gasteiger partial charge in [-0.05, 0) is 24.3 Å². The number of carbonyl (C=O) groups is 2. The van der Waals surface area contributed by atoms with Crippen LogP contribution in [0.25, 0.3) is 0 Å². The second-order valence-electron chi connectivity index (χ2n) is 4.31. The molecule has 7 heteroatoms. The predicted octanol–water partition coefficient (Wildman–Crippen LogP) is 2.10. The molecule has 2 aromatic rings. The van der Waals surface area contributed by atoms with Gasteiger partial charge < -0.3 is 15.0 Å². The van der Waals surface area contributed by atoms with Crippen LogP contribution in [-0.2, 0) is 7.05 Å². The number of benzene rings is 1. The number of halogens is 1. The largest absolute Gasteiger partial charge is 0.478 e. The number of hydrogen-bond acceptors (Lipinski definition) is 3. The van der Waals surface area contributed by atoms with Gasteiger partial charge in [0.05, 0.1) is 11.3 Å². The number of carboxylic acid groups (broad SMARTS) is 1. The molecule has 0 spiro atoms. The molecule has 0 radical (unpaired) electrons. The molecule has 0 fully saturated rings. The quantitative estimate of drug-likeness (QED) is 0.886. The molecule has 0 aliphatic rings. The van der Waals surface area contributed by atoms with Crippen LogP contribution in [0.15, 0.2) is 45.8 Å². The molecular formula is C14H11BrN2O4. The molecule has 2 rings (SSSR count). The molecule has 0 aliphatic carbocycles. The molecule has 6 nitrogen and oxygen atoms in total. The van der Waals surface area contributed by atoms with E-state index in [9.17, 15) is 14.4 Å². The van der Waals surface area contributed by atoms with Gasteiger partial charge in [-0.15, -0.1) is 0 Å². The van der Waals surface area contributed by atoms with E-state index in [2.05, 4.69) is 21.2 Å². The number of carbonyl (C=O) groups excluding carboxylic acids is 1. The van der Waals surface area contributed by atoms with Crippen molar-refractivity contribution in [2.75, 3.05) is 5.32 Å². The Hall–Kier alpha value is -2.41. The highest BCUT2D eigenvalue weighted by molar-refractivity contribution is 9.10. The van der Waals surface area contributed by atoms with Gasteiger partial charge in [0.1, 0.15) is 0 Å². The molecule has 1 aromatic heterocycles. The highest BCUT2D eigenvalue weighted by Crippen LogP contribution is 2.22. The number of hydrogen-bond donors (Lipinski definition) is 2. The van der Waals surface area contributed by atoms with E-state index in [0.717, 1.165) is 0 Å². The Morgan fingerprint density at radius 2 is 1.95 bits per heavy atom. The van der Waals surface area contributed by atoms with E-state index in [1.54, 1.807) is 13.1 Å². The number of pyridine rings is 1. The van der Waals surface area contributed by atoms with Gasteiger partial charge in [-0.25, -0.2) is 4.79 Å². The maximum atomic E-state index is 12.1. The molecular weight excluding hydrogens is 340 g/mol. The third kappa shape index (κ3) is 3.38. The number of rotatable bonds is 3. The number of anilines is 1. The van der Waals surface area contributed by atoms with E-state index >= 15 is 0 Å². The number of aryl methyl sites for hydroxylation is 1. The number of aromatic carboxylic acids is 1. The average Bonchev–Trinajstić information content (AvgIpc) is 2.41. The second-order valence-corrected chi connectivity index (χ2v) is 5.23. The van der Waals surface area contributed by atoms with E-state index in [-0.39, 0.29) is 22.4 Å². The topological polar surface area (TPSA) is 88.4 Å². The summed E-state index contributed by atoms with van der Waals surface area (Å²) < 4.78 is 1.96. The lowest BCUT2D eigenvalue weighted by Gasteiger charge is -2.09. The van der Waals surface area contributed by atoms with E-state index < -0.39 is 11.9 Å². The van der Waals surface area contributed by atoms with Crippen molar-refractivity contribution in [3.8, 4) is 0 Å². The molecule has 1 heterocycles. The summed E-state index contributed by atoms with van der Waals surface area (Å²) >= 11 is 3.22. The van der Waals surface area contributed by atoms with Gasteiger partial charge in [0.2, 0.25) is 0 Å². The molecule has 1 amide bonds. The van der Waals surface area contributed by atoms with Crippen molar-refractivity contribution in [3.63, 3.8) is 0 Å². The third-order valence-corrected chi connectivity index (χ3v) is 3.32. The number of nitrogens with zero attached hydrogens (tertiary/aromatic N) is 1. The number of nitrogens with one attached hydrogen (secondary N) is 1. The van der Waals surface area contributed by atoms with E-state index in [1.807, 2.05) is 0 Å². The molecule has 0 aliphatic heterocycles. The van der Waals surface area contributed by atoms with Crippen molar-refractivity contribution in [1.82, 2.24) is 4.57 Å². The normalized spacial score (nSPS) is 10.2. The van der Waals surface area contributed by atoms with Gasteiger partial charge in [-0.1, -0.05) is 15.9 Å². The number of amides is 1. The third-order valence-electron chi connectivity index (χ3n) is 2.83. The lowest BCUT2D eigenvalue weighted by Crippen LogP contribution is -2.20. The Balaban J connectivity index is 2.35. The molecule has 0 bridgehead atoms. The minimum Gasteiger partial charge on any atom is -0.478 e. The smallest absolute Gasteiger partial charge is 0.337 e. The van der Waals surface area contributed by atoms with Gasteiger partial charge in [0.25, 0.3) is 11.5 Å². The van der Waals surface area contributed by atoms with E-state index in [1.165, 1.54) is 35.0 Å². The SMILES string of the molecule is Cn1ccc(C(=O)Nc2cc(Br)ccc2C(=O)O)cc1=O. The van der Waals surface area contributed by atoms with Crippen molar-refractivity contribution in [2.45, 2.75) is 0 Å². The summed E-state index contributed by atoms with van der Waals surface area (Å²) in [7, 11) is 1.57. The minimum absolute atomic E-state index is 0.0321. The summed E-state index contributed by atoms with van der Waals surface area (Å²) in [5.74, 6) is -1.70. The van der Waals surface area contributed by atoms with Crippen molar-refractivity contribution < 1.29 is 14.7 Å². The minimum atomic E-state index is -1.15. The van der Waals surface area contributed by atoms with Crippen LogP contribution in [0, 0.1) is 0 Å². The zero-order chi connectivity index (χ0) is 15.6. The molecule has 0 saturated heterocycles. The van der Waals surface area contributed by atoms with Crippen molar-refractivity contribution in [2.24, 2.45) is 7.05 Å². The van der Waals surface area contributed by atoms with Gasteiger partial charge in [-0.2, -0.15) is 0 Å². The van der Waals surface area contributed by atoms with Gasteiger partial charge in [0.15, 0.2) is 0 Å². The second kappa shape index (κ2) is 5.92. The fraction of sp³-hybridized carbons (Fsp3) is 0.0714. The molecule has 108 valence electrons. The highest BCUT2D eigenvalue weighted by atomic mass is 79.9.